The molecular formula is C13H18N2O4S. The third-order valence-corrected chi connectivity index (χ3v) is 4.89. The van der Waals surface area contributed by atoms with Gasteiger partial charge >= 0.3 is 0 Å². The van der Waals surface area contributed by atoms with Gasteiger partial charge in [-0.2, -0.15) is 0 Å². The zero-order valence-electron chi connectivity index (χ0n) is 11.2. The average Bonchev–Trinajstić information content (AvgIpc) is 2.92. The van der Waals surface area contributed by atoms with Crippen LogP contribution in [0.25, 0.3) is 0 Å². The van der Waals surface area contributed by atoms with Crippen molar-refractivity contribution < 1.29 is 17.9 Å². The fraction of sp³-hybridized carbons (Fsp3) is 0.462. The Bertz CT molecular complexity index is 577. The van der Waals surface area contributed by atoms with Crippen LogP contribution < -0.4 is 10.5 Å². The minimum atomic E-state index is -3.62. The maximum Gasteiger partial charge on any atom is 0.248 e. The van der Waals surface area contributed by atoms with Crippen LogP contribution in [-0.2, 0) is 14.8 Å². The van der Waals surface area contributed by atoms with Gasteiger partial charge in [-0.15, -0.1) is 0 Å². The molecule has 1 aromatic rings. The topological polar surface area (TPSA) is 98.5 Å². The molecule has 7 heteroatoms. The molecule has 1 heterocycles. The van der Waals surface area contributed by atoms with Crippen molar-refractivity contribution in [2.24, 2.45) is 5.73 Å². The van der Waals surface area contributed by atoms with Gasteiger partial charge in [-0.25, -0.2) is 13.1 Å². The quantitative estimate of drug-likeness (QED) is 0.833. The Morgan fingerprint density at radius 1 is 1.40 bits per heavy atom. The zero-order valence-corrected chi connectivity index (χ0v) is 12.0. The molecule has 1 aliphatic heterocycles. The second-order valence-corrected chi connectivity index (χ2v) is 6.56. The minimum Gasteiger partial charge on any atom is -0.377 e. The van der Waals surface area contributed by atoms with Gasteiger partial charge in [-0.1, -0.05) is 0 Å². The van der Waals surface area contributed by atoms with E-state index in [4.69, 9.17) is 10.5 Å². The first-order chi connectivity index (χ1) is 9.40. The van der Waals surface area contributed by atoms with E-state index in [2.05, 4.69) is 4.72 Å². The van der Waals surface area contributed by atoms with Crippen molar-refractivity contribution in [3.63, 3.8) is 0 Å². The predicted molar refractivity (Wildman–Crippen MR) is 73.7 cm³/mol. The van der Waals surface area contributed by atoms with Gasteiger partial charge in [0.05, 0.1) is 11.0 Å². The lowest BCUT2D eigenvalue weighted by molar-refractivity contribution is 0.0902. The molecule has 20 heavy (non-hydrogen) atoms. The fourth-order valence-corrected chi connectivity index (χ4v) is 3.46. The Kier molecular flexibility index (Phi) is 4.42. The van der Waals surface area contributed by atoms with Crippen LogP contribution in [0.1, 0.15) is 30.1 Å². The smallest absolute Gasteiger partial charge is 0.248 e. The largest absolute Gasteiger partial charge is 0.377 e. The normalized spacial score (nSPS) is 20.8. The SMILES string of the molecule is C[C@@H](NS(=O)(=O)c1ccc(C(N)=O)cc1)[C@@H]1CCCO1. The number of carbonyl (C=O) groups is 1. The summed E-state index contributed by atoms with van der Waals surface area (Å²) in [6, 6.07) is 5.23. The average molecular weight is 298 g/mol. The summed E-state index contributed by atoms with van der Waals surface area (Å²) in [7, 11) is -3.62. The highest BCUT2D eigenvalue weighted by Crippen LogP contribution is 2.18. The fourth-order valence-electron chi connectivity index (χ4n) is 2.18. The molecule has 1 saturated heterocycles. The highest BCUT2D eigenvalue weighted by molar-refractivity contribution is 7.89. The van der Waals surface area contributed by atoms with Crippen LogP contribution in [0.15, 0.2) is 29.2 Å². The molecule has 1 aromatic carbocycles. The van der Waals surface area contributed by atoms with Crippen LogP contribution in [0.3, 0.4) is 0 Å². The van der Waals surface area contributed by atoms with Crippen LogP contribution in [0.2, 0.25) is 0 Å². The van der Waals surface area contributed by atoms with E-state index in [1.165, 1.54) is 24.3 Å². The molecule has 1 fully saturated rings. The number of sulfonamides is 1. The van der Waals surface area contributed by atoms with E-state index >= 15 is 0 Å². The number of nitrogens with two attached hydrogens (primary N) is 1. The second-order valence-electron chi connectivity index (χ2n) is 4.85. The summed E-state index contributed by atoms with van der Waals surface area (Å²) in [6.07, 6.45) is 1.71. The third kappa shape index (κ3) is 3.36. The van der Waals surface area contributed by atoms with Gasteiger partial charge in [0.2, 0.25) is 15.9 Å². The van der Waals surface area contributed by atoms with E-state index in [9.17, 15) is 13.2 Å². The Hall–Kier alpha value is -1.44. The molecule has 0 aliphatic carbocycles. The Morgan fingerprint density at radius 2 is 2.05 bits per heavy atom. The van der Waals surface area contributed by atoms with E-state index in [1.807, 2.05) is 0 Å². The first-order valence-corrected chi connectivity index (χ1v) is 7.92. The summed E-state index contributed by atoms with van der Waals surface area (Å²) in [6.45, 7) is 2.45. The van der Waals surface area contributed by atoms with Crippen molar-refractivity contribution in [2.45, 2.75) is 36.8 Å². The molecule has 0 saturated carbocycles. The molecule has 0 aromatic heterocycles. The summed E-state index contributed by atoms with van der Waals surface area (Å²) in [5, 5.41) is 0. The number of hydrogen-bond donors (Lipinski definition) is 2. The van der Waals surface area contributed by atoms with Crippen LogP contribution in [0.4, 0.5) is 0 Å². The number of hydrogen-bond acceptors (Lipinski definition) is 4. The molecular weight excluding hydrogens is 280 g/mol. The number of ether oxygens (including phenoxy) is 1. The standard InChI is InChI=1S/C13H18N2O4S/c1-9(12-3-2-8-19-12)15-20(17,18)11-6-4-10(5-7-11)13(14)16/h4-7,9,12,15H,2-3,8H2,1H3,(H2,14,16)/t9-,12+/m1/s1. The lowest BCUT2D eigenvalue weighted by Crippen LogP contribution is -2.40. The summed E-state index contributed by atoms with van der Waals surface area (Å²) in [4.78, 5) is 11.1. The number of benzene rings is 1. The number of nitrogens with one attached hydrogen (secondary N) is 1. The summed E-state index contributed by atoms with van der Waals surface area (Å²) in [5.41, 5.74) is 5.39. The van der Waals surface area contributed by atoms with Gasteiger partial charge in [-0.05, 0) is 44.0 Å². The first kappa shape index (κ1) is 15.0. The Morgan fingerprint density at radius 3 is 2.55 bits per heavy atom. The molecule has 1 aliphatic rings. The van der Waals surface area contributed by atoms with Crippen LogP contribution >= 0.6 is 0 Å². The molecule has 2 atom stereocenters. The van der Waals surface area contributed by atoms with Crippen molar-refractivity contribution in [1.29, 1.82) is 0 Å². The van der Waals surface area contributed by atoms with Gasteiger partial charge in [0.15, 0.2) is 0 Å². The van der Waals surface area contributed by atoms with Gasteiger partial charge in [-0.3, -0.25) is 4.79 Å². The summed E-state index contributed by atoms with van der Waals surface area (Å²) < 4.78 is 32.4. The Labute approximate surface area is 118 Å². The predicted octanol–water partition coefficient (Wildman–Crippen LogP) is 0.631. The summed E-state index contributed by atoms with van der Waals surface area (Å²) >= 11 is 0. The lowest BCUT2D eigenvalue weighted by atomic mass is 10.1. The second kappa shape index (κ2) is 5.90. The maximum atomic E-state index is 12.2. The van der Waals surface area contributed by atoms with Crippen molar-refractivity contribution in [1.82, 2.24) is 4.72 Å². The van der Waals surface area contributed by atoms with Gasteiger partial charge in [0, 0.05) is 18.2 Å². The lowest BCUT2D eigenvalue weighted by Gasteiger charge is -2.19. The van der Waals surface area contributed by atoms with Crippen molar-refractivity contribution >= 4 is 15.9 Å². The van der Waals surface area contributed by atoms with Crippen LogP contribution in [-0.4, -0.2) is 33.1 Å². The molecule has 110 valence electrons. The Balaban J connectivity index is 2.11. The van der Waals surface area contributed by atoms with E-state index in [1.54, 1.807) is 6.92 Å². The van der Waals surface area contributed by atoms with Crippen molar-refractivity contribution in [3.8, 4) is 0 Å². The number of amides is 1. The third-order valence-electron chi connectivity index (χ3n) is 3.31. The van der Waals surface area contributed by atoms with E-state index in [0.29, 0.717) is 6.61 Å². The highest BCUT2D eigenvalue weighted by Gasteiger charge is 2.26. The minimum absolute atomic E-state index is 0.0883. The monoisotopic (exact) mass is 298 g/mol. The zero-order chi connectivity index (χ0) is 14.8. The van der Waals surface area contributed by atoms with E-state index < -0.39 is 15.9 Å². The molecule has 2 rings (SSSR count). The molecule has 0 spiro atoms. The maximum absolute atomic E-state index is 12.2. The van der Waals surface area contributed by atoms with Crippen molar-refractivity contribution in [3.05, 3.63) is 29.8 Å². The number of rotatable bonds is 5. The van der Waals surface area contributed by atoms with E-state index in [-0.39, 0.29) is 22.6 Å². The van der Waals surface area contributed by atoms with Crippen LogP contribution in [0, 0.1) is 0 Å². The van der Waals surface area contributed by atoms with Gasteiger partial charge in [0.25, 0.3) is 0 Å². The first-order valence-electron chi connectivity index (χ1n) is 6.44. The van der Waals surface area contributed by atoms with Crippen LogP contribution in [0.5, 0.6) is 0 Å². The summed E-state index contributed by atoms with van der Waals surface area (Å²) in [5.74, 6) is -0.588. The molecule has 0 bridgehead atoms. The molecule has 1 amide bonds. The number of primary amides is 1. The van der Waals surface area contributed by atoms with Crippen molar-refractivity contribution in [2.75, 3.05) is 6.61 Å². The molecule has 0 radical (unpaired) electrons. The molecule has 3 N–H and O–H groups in total. The molecule has 0 unspecified atom stereocenters. The highest BCUT2D eigenvalue weighted by atomic mass is 32.2. The number of carbonyl (C=O) groups excluding carboxylic acids is 1. The van der Waals surface area contributed by atoms with E-state index in [0.717, 1.165) is 12.8 Å². The van der Waals surface area contributed by atoms with Gasteiger partial charge in [0.1, 0.15) is 0 Å². The molecule has 6 nitrogen and oxygen atoms in total. The van der Waals surface area contributed by atoms with Gasteiger partial charge < -0.3 is 10.5 Å².